The molecule has 178 valence electrons. The molecule has 7 heteroatoms. The number of carboxylic acid groups (broad SMARTS) is 1. The van der Waals surface area contributed by atoms with E-state index in [1.54, 1.807) is 18.2 Å². The van der Waals surface area contributed by atoms with Crippen molar-refractivity contribution in [3.63, 3.8) is 0 Å². The van der Waals surface area contributed by atoms with E-state index in [0.717, 1.165) is 46.4 Å². The van der Waals surface area contributed by atoms with Gasteiger partial charge in [-0.1, -0.05) is 64.8 Å². The number of aliphatic carboxylic acids is 1. The quantitative estimate of drug-likeness (QED) is 0.264. The van der Waals surface area contributed by atoms with Crippen molar-refractivity contribution in [2.75, 3.05) is 0 Å². The molecule has 5 rings (SSSR count). The van der Waals surface area contributed by atoms with Gasteiger partial charge in [0, 0.05) is 11.5 Å². The lowest BCUT2D eigenvalue weighted by Crippen LogP contribution is -2.00. The van der Waals surface area contributed by atoms with Crippen LogP contribution in [0.5, 0.6) is 5.75 Å². The fraction of sp³-hybridized carbons (Fsp3) is 0.214. The van der Waals surface area contributed by atoms with Crippen LogP contribution in [-0.4, -0.2) is 16.2 Å². The third-order valence-corrected chi connectivity index (χ3v) is 6.79. The average Bonchev–Trinajstić information content (AvgIpc) is 3.58. The van der Waals surface area contributed by atoms with Crippen molar-refractivity contribution in [2.45, 2.75) is 38.7 Å². The summed E-state index contributed by atoms with van der Waals surface area (Å²) in [4.78, 5) is 11.0. The first-order valence-corrected chi connectivity index (χ1v) is 12.1. The van der Waals surface area contributed by atoms with Gasteiger partial charge in [0.1, 0.15) is 23.8 Å². The van der Waals surface area contributed by atoms with E-state index in [1.807, 2.05) is 49.4 Å². The van der Waals surface area contributed by atoms with Crippen LogP contribution >= 0.6 is 23.2 Å². The van der Waals surface area contributed by atoms with Gasteiger partial charge in [0.2, 0.25) is 0 Å². The zero-order valence-corrected chi connectivity index (χ0v) is 20.6. The van der Waals surface area contributed by atoms with Crippen LogP contribution in [0.1, 0.15) is 41.2 Å². The summed E-state index contributed by atoms with van der Waals surface area (Å²) >= 11 is 12.9. The first kappa shape index (κ1) is 23.5. The highest BCUT2D eigenvalue weighted by atomic mass is 35.5. The molecule has 0 spiro atoms. The summed E-state index contributed by atoms with van der Waals surface area (Å²) in [6.45, 7) is 2.27. The standard InChI is InChI=1S/C28H23Cl2NO4/c1-16-13-17(14-25(32)33)5-12-21(16)18-8-10-20(11-9-18)34-15-22-27(31-35-28(22)19-6-7-19)26-23(29)3-2-4-24(26)30/h2-5,8-13,19H,6-7,14-15H2,1H3,(H,32,33). The number of hydrogen-bond donors (Lipinski definition) is 1. The number of carboxylic acids is 1. The van der Waals surface area contributed by atoms with Crippen molar-refractivity contribution in [1.29, 1.82) is 0 Å². The van der Waals surface area contributed by atoms with Crippen LogP contribution in [0.3, 0.4) is 0 Å². The van der Waals surface area contributed by atoms with Crippen molar-refractivity contribution in [1.82, 2.24) is 5.16 Å². The number of hydrogen-bond acceptors (Lipinski definition) is 4. The number of aromatic nitrogens is 1. The van der Waals surface area contributed by atoms with E-state index in [-0.39, 0.29) is 13.0 Å². The van der Waals surface area contributed by atoms with Crippen LogP contribution < -0.4 is 4.74 Å². The monoisotopic (exact) mass is 507 g/mol. The highest BCUT2D eigenvalue weighted by Crippen LogP contribution is 2.46. The van der Waals surface area contributed by atoms with Gasteiger partial charge in [-0.15, -0.1) is 0 Å². The van der Waals surface area contributed by atoms with E-state index in [2.05, 4.69) is 5.16 Å². The number of aryl methyl sites for hydroxylation is 1. The Labute approximate surface area is 213 Å². The molecular formula is C28H23Cl2NO4. The van der Waals surface area contributed by atoms with Gasteiger partial charge < -0.3 is 14.4 Å². The lowest BCUT2D eigenvalue weighted by molar-refractivity contribution is -0.136. The highest BCUT2D eigenvalue weighted by molar-refractivity contribution is 6.39. The predicted octanol–water partition coefficient (Wildman–Crippen LogP) is 7.71. The Morgan fingerprint density at radius 3 is 2.43 bits per heavy atom. The summed E-state index contributed by atoms with van der Waals surface area (Å²) < 4.78 is 11.9. The molecule has 0 saturated heterocycles. The number of halogens is 2. The maximum absolute atomic E-state index is 11.0. The van der Waals surface area contributed by atoms with Crippen LogP contribution in [0, 0.1) is 6.92 Å². The SMILES string of the molecule is Cc1cc(CC(=O)O)ccc1-c1ccc(OCc2c(-c3c(Cl)cccc3Cl)noc2C2CC2)cc1. The second-order valence-corrected chi connectivity index (χ2v) is 9.59. The van der Waals surface area contributed by atoms with Crippen LogP contribution in [-0.2, 0) is 17.8 Å². The van der Waals surface area contributed by atoms with Crippen molar-refractivity contribution < 1.29 is 19.2 Å². The summed E-state index contributed by atoms with van der Waals surface area (Å²) in [5, 5.41) is 14.4. The lowest BCUT2D eigenvalue weighted by Gasteiger charge is -2.11. The van der Waals surface area contributed by atoms with Gasteiger partial charge >= 0.3 is 5.97 Å². The zero-order valence-electron chi connectivity index (χ0n) is 19.1. The summed E-state index contributed by atoms with van der Waals surface area (Å²) in [6.07, 6.45) is 2.15. The maximum Gasteiger partial charge on any atom is 0.307 e. The number of rotatable bonds is 8. The maximum atomic E-state index is 11.0. The second kappa shape index (κ2) is 9.76. The Kier molecular flexibility index (Phi) is 6.54. The minimum Gasteiger partial charge on any atom is -0.489 e. The fourth-order valence-corrected chi connectivity index (χ4v) is 4.85. The summed E-state index contributed by atoms with van der Waals surface area (Å²) in [5.74, 6) is 1.07. The second-order valence-electron chi connectivity index (χ2n) is 8.78. The van der Waals surface area contributed by atoms with E-state index >= 15 is 0 Å². The molecule has 0 bridgehead atoms. The summed E-state index contributed by atoms with van der Waals surface area (Å²) in [7, 11) is 0. The normalized spacial score (nSPS) is 13.1. The first-order valence-electron chi connectivity index (χ1n) is 11.4. The molecule has 5 nitrogen and oxygen atoms in total. The van der Waals surface area contributed by atoms with Crippen molar-refractivity contribution in [3.05, 3.63) is 93.2 Å². The van der Waals surface area contributed by atoms with Crippen LogP contribution in [0.2, 0.25) is 10.0 Å². The molecule has 0 amide bonds. The van der Waals surface area contributed by atoms with Gasteiger partial charge in [0.15, 0.2) is 0 Å². The van der Waals surface area contributed by atoms with Crippen LogP contribution in [0.15, 0.2) is 65.2 Å². The molecular weight excluding hydrogens is 485 g/mol. The van der Waals surface area contributed by atoms with E-state index in [9.17, 15) is 4.79 Å². The molecule has 35 heavy (non-hydrogen) atoms. The van der Waals surface area contributed by atoms with Gasteiger partial charge in [0.05, 0.1) is 22.0 Å². The van der Waals surface area contributed by atoms with Gasteiger partial charge in [-0.05, 0) is 66.3 Å². The molecule has 0 aliphatic heterocycles. The minimum absolute atomic E-state index is 0.0149. The van der Waals surface area contributed by atoms with Crippen LogP contribution in [0.25, 0.3) is 22.4 Å². The number of benzene rings is 3. The van der Waals surface area contributed by atoms with E-state index < -0.39 is 5.97 Å². The first-order chi connectivity index (χ1) is 16.9. The van der Waals surface area contributed by atoms with Gasteiger partial charge in [0.25, 0.3) is 0 Å². The summed E-state index contributed by atoms with van der Waals surface area (Å²) in [6, 6.07) is 18.9. The molecule has 1 heterocycles. The fourth-order valence-electron chi connectivity index (χ4n) is 4.27. The summed E-state index contributed by atoms with van der Waals surface area (Å²) in [5.41, 5.74) is 6.04. The molecule has 0 radical (unpaired) electrons. The molecule has 1 aliphatic rings. The topological polar surface area (TPSA) is 72.6 Å². The van der Waals surface area contributed by atoms with Gasteiger partial charge in [-0.25, -0.2) is 0 Å². The van der Waals surface area contributed by atoms with Gasteiger partial charge in [-0.3, -0.25) is 4.79 Å². The minimum atomic E-state index is -0.837. The van der Waals surface area contributed by atoms with Crippen molar-refractivity contribution in [3.8, 4) is 28.1 Å². The molecule has 0 atom stereocenters. The average molecular weight is 508 g/mol. The zero-order chi connectivity index (χ0) is 24.5. The van der Waals surface area contributed by atoms with E-state index in [0.29, 0.717) is 33.0 Å². The van der Waals surface area contributed by atoms with E-state index in [4.69, 9.17) is 37.6 Å². The molecule has 1 aromatic heterocycles. The number of ether oxygens (including phenoxy) is 1. The smallest absolute Gasteiger partial charge is 0.307 e. The van der Waals surface area contributed by atoms with Crippen molar-refractivity contribution in [2.24, 2.45) is 0 Å². The molecule has 1 aliphatic carbocycles. The third kappa shape index (κ3) is 5.07. The lowest BCUT2D eigenvalue weighted by atomic mass is 9.97. The molecule has 1 saturated carbocycles. The number of carbonyl (C=O) groups is 1. The Hall–Kier alpha value is -3.28. The Morgan fingerprint density at radius 1 is 1.09 bits per heavy atom. The third-order valence-electron chi connectivity index (χ3n) is 6.16. The van der Waals surface area contributed by atoms with Crippen molar-refractivity contribution >= 4 is 29.2 Å². The number of nitrogens with zero attached hydrogens (tertiary/aromatic N) is 1. The molecule has 1 fully saturated rings. The van der Waals surface area contributed by atoms with Gasteiger partial charge in [-0.2, -0.15) is 0 Å². The predicted molar refractivity (Wildman–Crippen MR) is 136 cm³/mol. The Balaban J connectivity index is 1.36. The Morgan fingerprint density at radius 2 is 1.80 bits per heavy atom. The largest absolute Gasteiger partial charge is 0.489 e. The molecule has 0 unspecified atom stereocenters. The van der Waals surface area contributed by atoms with Crippen LogP contribution in [0.4, 0.5) is 0 Å². The molecule has 3 aromatic carbocycles. The Bertz CT molecular complexity index is 1370. The molecule has 1 N–H and O–H groups in total. The highest BCUT2D eigenvalue weighted by Gasteiger charge is 2.33. The molecule has 4 aromatic rings. The van der Waals surface area contributed by atoms with E-state index in [1.165, 1.54) is 0 Å².